The summed E-state index contributed by atoms with van der Waals surface area (Å²) in [5.74, 6) is 0.678. The monoisotopic (exact) mass is 570 g/mol. The fraction of sp³-hybridized carbons (Fsp3) is 0. The van der Waals surface area contributed by atoms with Crippen molar-refractivity contribution in [3.05, 3.63) is 145 Å². The van der Waals surface area contributed by atoms with Crippen molar-refractivity contribution in [1.82, 2.24) is 19.9 Å². The fourth-order valence-corrected chi connectivity index (χ4v) is 6.07. The zero-order valence-corrected chi connectivity index (χ0v) is 23.7. The number of benzene rings is 6. The van der Waals surface area contributed by atoms with Crippen molar-refractivity contribution < 1.29 is 0 Å². The van der Waals surface area contributed by atoms with Crippen LogP contribution < -0.4 is 0 Å². The summed E-state index contributed by atoms with van der Waals surface area (Å²) in [5, 5.41) is 4.55. The second-order valence-electron chi connectivity index (χ2n) is 10.4. The summed E-state index contributed by atoms with van der Waals surface area (Å²) in [7, 11) is 0. The number of rotatable bonds is 4. The lowest BCUT2D eigenvalue weighted by Crippen LogP contribution is -1.99. The molecule has 0 fully saturated rings. The lowest BCUT2D eigenvalue weighted by atomic mass is 9.88. The largest absolute Gasteiger partial charge is 0.243 e. The Balaban J connectivity index is 1.48. The molecule has 0 radical (unpaired) electrons. The molecule has 0 saturated heterocycles. The van der Waals surface area contributed by atoms with Crippen LogP contribution in [0.5, 0.6) is 0 Å². The Labute approximate surface area is 253 Å². The Kier molecular flexibility index (Phi) is 6.13. The van der Waals surface area contributed by atoms with E-state index >= 15 is 0 Å². The van der Waals surface area contributed by atoms with Crippen LogP contribution in [-0.2, 0) is 0 Å². The van der Waals surface area contributed by atoms with Gasteiger partial charge in [-0.15, -0.1) is 0 Å². The van der Waals surface area contributed by atoms with E-state index in [1.54, 1.807) is 0 Å². The highest BCUT2D eigenvalue weighted by Crippen LogP contribution is 2.44. The number of nitrogens with zero attached hydrogens (tertiary/aromatic N) is 4. The van der Waals surface area contributed by atoms with Gasteiger partial charge in [-0.2, -0.15) is 0 Å². The van der Waals surface area contributed by atoms with Crippen molar-refractivity contribution in [2.75, 3.05) is 0 Å². The van der Waals surface area contributed by atoms with Crippen molar-refractivity contribution in [1.29, 1.82) is 0 Å². The maximum atomic E-state index is 6.88. The summed E-state index contributed by atoms with van der Waals surface area (Å²) in [6.45, 7) is 0. The van der Waals surface area contributed by atoms with Gasteiger partial charge in [0, 0.05) is 22.3 Å². The van der Waals surface area contributed by atoms with E-state index in [9.17, 15) is 0 Å². The molecule has 0 atom stereocenters. The molecule has 0 amide bonds. The minimum Gasteiger partial charge on any atom is -0.243 e. The van der Waals surface area contributed by atoms with Crippen LogP contribution in [0.1, 0.15) is 0 Å². The summed E-state index contributed by atoms with van der Waals surface area (Å²) in [5.41, 5.74) is 7.94. The van der Waals surface area contributed by atoms with E-state index in [1.165, 1.54) is 0 Å². The second-order valence-corrected chi connectivity index (χ2v) is 10.7. The average Bonchev–Trinajstić information content (AvgIpc) is 3.07. The third-order valence-electron chi connectivity index (χ3n) is 7.78. The van der Waals surface area contributed by atoms with E-state index in [2.05, 4.69) is 66.7 Å². The average molecular weight is 571 g/mol. The fourth-order valence-electron chi connectivity index (χ4n) is 5.85. The first-order valence-electron chi connectivity index (χ1n) is 14.1. The highest BCUT2D eigenvalue weighted by molar-refractivity contribution is 6.34. The van der Waals surface area contributed by atoms with E-state index in [0.29, 0.717) is 16.7 Å². The maximum absolute atomic E-state index is 6.88. The van der Waals surface area contributed by atoms with E-state index in [0.717, 1.165) is 66.2 Å². The molecule has 2 heterocycles. The second kappa shape index (κ2) is 10.4. The van der Waals surface area contributed by atoms with E-state index in [4.69, 9.17) is 31.5 Å². The first-order chi connectivity index (χ1) is 21.2. The summed E-state index contributed by atoms with van der Waals surface area (Å²) in [6.07, 6.45) is 0. The van der Waals surface area contributed by atoms with E-state index < -0.39 is 0 Å². The Morgan fingerprint density at radius 3 is 1.47 bits per heavy atom. The van der Waals surface area contributed by atoms with Crippen LogP contribution in [0.4, 0.5) is 0 Å². The Bertz CT molecular complexity index is 2190. The number of fused-ring (bicyclic) bond motifs is 3. The van der Waals surface area contributed by atoms with Gasteiger partial charge < -0.3 is 0 Å². The van der Waals surface area contributed by atoms with Crippen molar-refractivity contribution in [2.24, 2.45) is 0 Å². The summed E-state index contributed by atoms with van der Waals surface area (Å²) in [6, 6.07) is 47.1. The molecule has 0 spiro atoms. The predicted molar refractivity (Wildman–Crippen MR) is 177 cm³/mol. The van der Waals surface area contributed by atoms with E-state index in [-0.39, 0.29) is 0 Å². The molecule has 6 aromatic carbocycles. The molecule has 0 aliphatic carbocycles. The van der Waals surface area contributed by atoms with Gasteiger partial charge in [0.15, 0.2) is 11.0 Å². The molecule has 8 aromatic rings. The van der Waals surface area contributed by atoms with Crippen LogP contribution in [-0.4, -0.2) is 19.9 Å². The van der Waals surface area contributed by atoms with Crippen LogP contribution in [0.3, 0.4) is 0 Å². The topological polar surface area (TPSA) is 51.6 Å². The van der Waals surface area contributed by atoms with Gasteiger partial charge in [0.05, 0.1) is 22.4 Å². The normalized spacial score (nSPS) is 11.4. The molecule has 0 N–H and O–H groups in total. The van der Waals surface area contributed by atoms with Crippen LogP contribution in [0.2, 0.25) is 5.15 Å². The molecule has 4 nitrogen and oxygen atoms in total. The molecular formula is C38H23ClN4. The van der Waals surface area contributed by atoms with Gasteiger partial charge in [0.25, 0.3) is 0 Å². The van der Waals surface area contributed by atoms with Crippen molar-refractivity contribution >= 4 is 44.2 Å². The maximum Gasteiger partial charge on any atom is 0.160 e. The molecule has 0 bridgehead atoms. The lowest BCUT2D eigenvalue weighted by Gasteiger charge is -2.18. The zero-order valence-electron chi connectivity index (χ0n) is 22.9. The SMILES string of the molecule is Clc1nc2ccccc2nc1-c1c2ccccc2c(-c2cc(-c3ccccc3)nc(-c3ccccc3)n2)c2ccccc12. The van der Waals surface area contributed by atoms with Gasteiger partial charge in [0.2, 0.25) is 0 Å². The molecule has 0 unspecified atom stereocenters. The van der Waals surface area contributed by atoms with Crippen LogP contribution in [0.25, 0.3) is 77.7 Å². The molecule has 202 valence electrons. The number of hydrogen-bond acceptors (Lipinski definition) is 4. The van der Waals surface area contributed by atoms with Crippen molar-refractivity contribution in [3.63, 3.8) is 0 Å². The summed E-state index contributed by atoms with van der Waals surface area (Å²) in [4.78, 5) is 20.0. The highest BCUT2D eigenvalue weighted by atomic mass is 35.5. The lowest BCUT2D eigenvalue weighted by molar-refractivity contribution is 1.19. The predicted octanol–water partition coefficient (Wildman–Crippen LogP) is 10.0. The quantitative estimate of drug-likeness (QED) is 0.197. The van der Waals surface area contributed by atoms with Crippen LogP contribution in [0.15, 0.2) is 140 Å². The summed E-state index contributed by atoms with van der Waals surface area (Å²) < 4.78 is 0. The first kappa shape index (κ1) is 25.3. The van der Waals surface area contributed by atoms with Gasteiger partial charge >= 0.3 is 0 Å². The Hall–Kier alpha value is -5.45. The molecular weight excluding hydrogens is 548 g/mol. The number of hydrogen-bond donors (Lipinski definition) is 0. The third-order valence-corrected chi connectivity index (χ3v) is 8.04. The Morgan fingerprint density at radius 1 is 0.395 bits per heavy atom. The number of para-hydroxylation sites is 2. The van der Waals surface area contributed by atoms with Crippen LogP contribution >= 0.6 is 11.6 Å². The minimum absolute atomic E-state index is 0.376. The molecule has 8 rings (SSSR count). The van der Waals surface area contributed by atoms with Crippen molar-refractivity contribution in [3.8, 4) is 45.2 Å². The molecule has 2 aromatic heterocycles. The van der Waals surface area contributed by atoms with Gasteiger partial charge in [0.1, 0.15) is 5.69 Å². The smallest absolute Gasteiger partial charge is 0.160 e. The number of aromatic nitrogens is 4. The van der Waals surface area contributed by atoms with Crippen LogP contribution in [0, 0.1) is 0 Å². The van der Waals surface area contributed by atoms with Gasteiger partial charge in [-0.1, -0.05) is 133 Å². The standard InChI is InChI=1S/C38H23ClN4/c39-37-36(40-30-21-11-12-22-31(30)41-37)35-28-19-9-7-17-26(28)34(27-18-8-10-20-29(27)35)33-23-32(24-13-3-1-4-14-24)42-38(43-33)25-15-5-2-6-16-25/h1-23H. The molecule has 0 aliphatic rings. The third kappa shape index (κ3) is 4.40. The minimum atomic E-state index is 0.376. The highest BCUT2D eigenvalue weighted by Gasteiger charge is 2.21. The number of halogens is 1. The zero-order chi connectivity index (χ0) is 28.8. The molecule has 0 saturated carbocycles. The van der Waals surface area contributed by atoms with Gasteiger partial charge in [-0.3, -0.25) is 0 Å². The van der Waals surface area contributed by atoms with E-state index in [1.807, 2.05) is 72.8 Å². The Morgan fingerprint density at radius 2 is 0.860 bits per heavy atom. The summed E-state index contributed by atoms with van der Waals surface area (Å²) >= 11 is 6.88. The molecule has 0 aliphatic heterocycles. The first-order valence-corrected chi connectivity index (χ1v) is 14.5. The van der Waals surface area contributed by atoms with Gasteiger partial charge in [-0.25, -0.2) is 19.9 Å². The molecule has 5 heteroatoms. The van der Waals surface area contributed by atoms with Crippen molar-refractivity contribution in [2.45, 2.75) is 0 Å². The molecule has 43 heavy (non-hydrogen) atoms. The van der Waals surface area contributed by atoms with Gasteiger partial charge in [-0.05, 0) is 39.7 Å².